The van der Waals surface area contributed by atoms with Gasteiger partial charge in [0.05, 0.1) is 11.3 Å². The van der Waals surface area contributed by atoms with Gasteiger partial charge in [0.1, 0.15) is 0 Å². The molecular formula is C14H20N2O4. The molecule has 0 heterocycles. The zero-order valence-electron chi connectivity index (χ0n) is 11.8. The Morgan fingerprint density at radius 1 is 1.35 bits per heavy atom. The minimum Gasteiger partial charge on any atom is -0.396 e. The van der Waals surface area contributed by atoms with Gasteiger partial charge in [-0.1, -0.05) is 26.0 Å². The van der Waals surface area contributed by atoms with Crippen LogP contribution >= 0.6 is 0 Å². The van der Waals surface area contributed by atoms with E-state index in [4.69, 9.17) is 5.11 Å². The van der Waals surface area contributed by atoms with E-state index in [-0.39, 0.29) is 30.0 Å². The van der Waals surface area contributed by atoms with Crippen molar-refractivity contribution in [3.05, 3.63) is 39.9 Å². The molecule has 1 aromatic carbocycles. The van der Waals surface area contributed by atoms with E-state index < -0.39 is 4.92 Å². The summed E-state index contributed by atoms with van der Waals surface area (Å²) in [6.07, 6.45) is 0.804. The first-order valence-electron chi connectivity index (χ1n) is 6.45. The Labute approximate surface area is 118 Å². The summed E-state index contributed by atoms with van der Waals surface area (Å²) in [5.74, 6) is -0.134. The molecule has 0 saturated carbocycles. The highest BCUT2D eigenvalue weighted by Gasteiger charge is 2.18. The number of hydrogen-bond acceptors (Lipinski definition) is 4. The molecule has 6 heteroatoms. The maximum Gasteiger partial charge on any atom is 0.269 e. The lowest BCUT2D eigenvalue weighted by molar-refractivity contribution is -0.384. The van der Waals surface area contributed by atoms with Gasteiger partial charge >= 0.3 is 0 Å². The number of benzene rings is 1. The molecule has 0 radical (unpaired) electrons. The summed E-state index contributed by atoms with van der Waals surface area (Å²) in [4.78, 5) is 21.8. The number of nitro groups is 1. The lowest BCUT2D eigenvalue weighted by Gasteiger charge is -2.23. The van der Waals surface area contributed by atoms with Crippen molar-refractivity contribution in [2.75, 3.05) is 13.2 Å². The van der Waals surface area contributed by atoms with Crippen molar-refractivity contribution in [3.63, 3.8) is 0 Å². The van der Waals surface area contributed by atoms with Crippen LogP contribution in [0.2, 0.25) is 0 Å². The van der Waals surface area contributed by atoms with E-state index in [2.05, 4.69) is 5.32 Å². The molecular weight excluding hydrogens is 260 g/mol. The molecule has 0 unspecified atom stereocenters. The molecule has 0 atom stereocenters. The van der Waals surface area contributed by atoms with E-state index in [1.54, 1.807) is 12.1 Å². The predicted octanol–water partition coefficient (Wildman–Crippen LogP) is 1.66. The number of rotatable bonds is 7. The maximum absolute atomic E-state index is 11.8. The third-order valence-electron chi connectivity index (χ3n) is 3.06. The minimum atomic E-state index is -0.471. The molecule has 0 aliphatic heterocycles. The van der Waals surface area contributed by atoms with Gasteiger partial charge < -0.3 is 10.4 Å². The Balaban J connectivity index is 2.48. The van der Waals surface area contributed by atoms with Gasteiger partial charge in [0.15, 0.2) is 0 Å². The van der Waals surface area contributed by atoms with Crippen molar-refractivity contribution in [2.45, 2.75) is 26.7 Å². The zero-order chi connectivity index (χ0) is 15.2. The fraction of sp³-hybridized carbons (Fsp3) is 0.500. The molecule has 6 nitrogen and oxygen atoms in total. The van der Waals surface area contributed by atoms with Crippen molar-refractivity contribution >= 4 is 11.6 Å². The summed E-state index contributed by atoms with van der Waals surface area (Å²) in [6, 6.07) is 5.93. The zero-order valence-corrected chi connectivity index (χ0v) is 11.8. The van der Waals surface area contributed by atoms with Gasteiger partial charge in [-0.05, 0) is 17.4 Å². The molecule has 2 N–H and O–H groups in total. The molecule has 110 valence electrons. The second-order valence-corrected chi connectivity index (χ2v) is 5.51. The number of nitro benzene ring substituents is 1. The maximum atomic E-state index is 11.8. The third-order valence-corrected chi connectivity index (χ3v) is 3.06. The van der Waals surface area contributed by atoms with Crippen LogP contribution in [0.25, 0.3) is 0 Å². The first kappa shape index (κ1) is 16.1. The van der Waals surface area contributed by atoms with Gasteiger partial charge in [-0.25, -0.2) is 0 Å². The van der Waals surface area contributed by atoms with Crippen LogP contribution in [0.5, 0.6) is 0 Å². The highest BCUT2D eigenvalue weighted by Crippen LogP contribution is 2.18. The average Bonchev–Trinajstić information content (AvgIpc) is 2.37. The number of nitrogens with zero attached hydrogens (tertiary/aromatic N) is 1. The van der Waals surface area contributed by atoms with Crippen LogP contribution in [0.15, 0.2) is 24.3 Å². The molecule has 0 fully saturated rings. The van der Waals surface area contributed by atoms with Crippen LogP contribution < -0.4 is 5.32 Å². The molecule has 0 aromatic heterocycles. The minimum absolute atomic E-state index is 0.0123. The summed E-state index contributed by atoms with van der Waals surface area (Å²) in [7, 11) is 0. The number of nitrogens with one attached hydrogen (secondary N) is 1. The SMILES string of the molecule is CC(C)(CCO)CNC(=O)Cc1ccc([N+](=O)[O-])cc1. The summed E-state index contributed by atoms with van der Waals surface area (Å²) in [6.45, 7) is 4.51. The summed E-state index contributed by atoms with van der Waals surface area (Å²) in [5.41, 5.74) is 0.589. The lowest BCUT2D eigenvalue weighted by atomic mass is 9.89. The molecule has 0 aliphatic rings. The van der Waals surface area contributed by atoms with Crippen molar-refractivity contribution < 1.29 is 14.8 Å². The fourth-order valence-corrected chi connectivity index (χ4v) is 1.71. The number of amides is 1. The second kappa shape index (κ2) is 7.00. The summed E-state index contributed by atoms with van der Waals surface area (Å²) < 4.78 is 0. The molecule has 0 spiro atoms. The molecule has 0 bridgehead atoms. The Kier molecular flexibility index (Phi) is 5.64. The van der Waals surface area contributed by atoms with E-state index in [1.807, 2.05) is 13.8 Å². The first-order valence-corrected chi connectivity index (χ1v) is 6.45. The topological polar surface area (TPSA) is 92.5 Å². The van der Waals surface area contributed by atoms with Gasteiger partial charge in [0, 0.05) is 25.3 Å². The number of aliphatic hydroxyl groups excluding tert-OH is 1. The Bertz CT molecular complexity index is 469. The van der Waals surface area contributed by atoms with E-state index in [0.29, 0.717) is 13.0 Å². The molecule has 1 amide bonds. The number of aliphatic hydroxyl groups is 1. The van der Waals surface area contributed by atoms with Gasteiger partial charge in [-0.3, -0.25) is 14.9 Å². The fourth-order valence-electron chi connectivity index (χ4n) is 1.71. The third kappa shape index (κ3) is 5.36. The van der Waals surface area contributed by atoms with Crippen LogP contribution in [0.3, 0.4) is 0 Å². The van der Waals surface area contributed by atoms with Gasteiger partial charge in [0.25, 0.3) is 5.69 Å². The number of carbonyl (C=O) groups is 1. The monoisotopic (exact) mass is 280 g/mol. The van der Waals surface area contributed by atoms with Crippen molar-refractivity contribution in [1.29, 1.82) is 0 Å². The van der Waals surface area contributed by atoms with E-state index in [1.165, 1.54) is 12.1 Å². The molecule has 0 aliphatic carbocycles. The van der Waals surface area contributed by atoms with Crippen LogP contribution in [0.1, 0.15) is 25.8 Å². The predicted molar refractivity (Wildman–Crippen MR) is 75.3 cm³/mol. The van der Waals surface area contributed by atoms with E-state index >= 15 is 0 Å². The number of non-ortho nitro benzene ring substituents is 1. The highest BCUT2D eigenvalue weighted by atomic mass is 16.6. The molecule has 1 aromatic rings. The van der Waals surface area contributed by atoms with Gasteiger partial charge in [-0.15, -0.1) is 0 Å². The van der Waals surface area contributed by atoms with Crippen LogP contribution in [-0.2, 0) is 11.2 Å². The largest absolute Gasteiger partial charge is 0.396 e. The highest BCUT2D eigenvalue weighted by molar-refractivity contribution is 5.78. The standard InChI is InChI=1S/C14H20N2O4/c1-14(2,7-8-17)10-15-13(18)9-11-3-5-12(6-4-11)16(19)20/h3-6,17H,7-10H2,1-2H3,(H,15,18). The normalized spacial score (nSPS) is 11.2. The van der Waals surface area contributed by atoms with Crippen molar-refractivity contribution in [1.82, 2.24) is 5.32 Å². The van der Waals surface area contributed by atoms with Crippen molar-refractivity contribution in [3.8, 4) is 0 Å². The smallest absolute Gasteiger partial charge is 0.269 e. The Hall–Kier alpha value is -1.95. The van der Waals surface area contributed by atoms with Crippen molar-refractivity contribution in [2.24, 2.45) is 5.41 Å². The summed E-state index contributed by atoms with van der Waals surface area (Å²) in [5, 5.41) is 22.2. The van der Waals surface area contributed by atoms with Crippen LogP contribution in [0.4, 0.5) is 5.69 Å². The first-order chi connectivity index (χ1) is 9.34. The van der Waals surface area contributed by atoms with Gasteiger partial charge in [-0.2, -0.15) is 0 Å². The average molecular weight is 280 g/mol. The molecule has 0 saturated heterocycles. The number of carbonyl (C=O) groups excluding carboxylic acids is 1. The summed E-state index contributed by atoms with van der Waals surface area (Å²) >= 11 is 0. The van der Waals surface area contributed by atoms with E-state index in [9.17, 15) is 14.9 Å². The molecule has 1 rings (SSSR count). The van der Waals surface area contributed by atoms with Crippen LogP contribution in [-0.4, -0.2) is 29.1 Å². The Morgan fingerprint density at radius 2 is 1.95 bits per heavy atom. The van der Waals surface area contributed by atoms with E-state index in [0.717, 1.165) is 5.56 Å². The number of hydrogen-bond donors (Lipinski definition) is 2. The second-order valence-electron chi connectivity index (χ2n) is 5.51. The Morgan fingerprint density at radius 3 is 2.45 bits per heavy atom. The quantitative estimate of drug-likeness (QED) is 0.587. The molecule has 20 heavy (non-hydrogen) atoms. The lowest BCUT2D eigenvalue weighted by Crippen LogP contribution is -2.35. The van der Waals surface area contributed by atoms with Gasteiger partial charge in [0.2, 0.25) is 5.91 Å². The van der Waals surface area contributed by atoms with Crippen LogP contribution in [0, 0.1) is 15.5 Å².